The van der Waals surface area contributed by atoms with Crippen molar-refractivity contribution in [3.63, 3.8) is 0 Å². The second kappa shape index (κ2) is 8.50. The number of carbonyl (C=O) groups is 1. The normalized spacial score (nSPS) is 12.9. The van der Waals surface area contributed by atoms with E-state index in [0.29, 0.717) is 26.3 Å². The molecule has 0 bridgehead atoms. The maximum absolute atomic E-state index is 11.7. The topological polar surface area (TPSA) is 64.8 Å². The molecule has 0 aromatic heterocycles. The van der Waals surface area contributed by atoms with Gasteiger partial charge in [-0.05, 0) is 27.7 Å². The van der Waals surface area contributed by atoms with E-state index >= 15 is 0 Å². The lowest BCUT2D eigenvalue weighted by molar-refractivity contribution is -0.158. The standard InChI is InChI=1S/C11H24N2O3/c1-5-13(11(14)9(4)12)8-10(15-6-2)16-7-3/h9-10H,5-8,12H2,1-4H3/t9-/m0/s1. The van der Waals surface area contributed by atoms with Crippen molar-refractivity contribution < 1.29 is 14.3 Å². The van der Waals surface area contributed by atoms with E-state index in [0.717, 1.165) is 0 Å². The van der Waals surface area contributed by atoms with Gasteiger partial charge in [0.1, 0.15) is 0 Å². The van der Waals surface area contributed by atoms with Gasteiger partial charge in [-0.25, -0.2) is 0 Å². The average Bonchev–Trinajstić information content (AvgIpc) is 2.25. The summed E-state index contributed by atoms with van der Waals surface area (Å²) in [5.74, 6) is -0.0769. The van der Waals surface area contributed by atoms with Crippen molar-refractivity contribution in [1.29, 1.82) is 0 Å². The van der Waals surface area contributed by atoms with Gasteiger partial charge in [0.05, 0.1) is 12.6 Å². The first-order chi connectivity index (χ1) is 7.56. The lowest BCUT2D eigenvalue weighted by Crippen LogP contribution is -2.46. The Hall–Kier alpha value is -0.650. The summed E-state index contributed by atoms with van der Waals surface area (Å²) in [6.45, 7) is 9.56. The molecular weight excluding hydrogens is 208 g/mol. The molecule has 0 fully saturated rings. The van der Waals surface area contributed by atoms with Gasteiger partial charge < -0.3 is 20.1 Å². The first kappa shape index (κ1) is 15.3. The minimum Gasteiger partial charge on any atom is -0.351 e. The summed E-state index contributed by atoms with van der Waals surface area (Å²) in [6, 6.07) is -0.483. The van der Waals surface area contributed by atoms with Crippen LogP contribution in [-0.2, 0) is 14.3 Å². The fourth-order valence-corrected chi connectivity index (χ4v) is 1.37. The predicted octanol–water partition coefficient (Wildman–Crippen LogP) is 0.581. The summed E-state index contributed by atoms with van der Waals surface area (Å²) >= 11 is 0. The monoisotopic (exact) mass is 232 g/mol. The Bertz CT molecular complexity index is 192. The molecule has 0 heterocycles. The lowest BCUT2D eigenvalue weighted by Gasteiger charge is -2.27. The van der Waals surface area contributed by atoms with Gasteiger partial charge in [-0.1, -0.05) is 0 Å². The maximum Gasteiger partial charge on any atom is 0.239 e. The molecule has 16 heavy (non-hydrogen) atoms. The summed E-state index contributed by atoms with van der Waals surface area (Å²) in [6.07, 6.45) is -0.363. The highest BCUT2D eigenvalue weighted by atomic mass is 16.7. The van der Waals surface area contributed by atoms with E-state index in [4.69, 9.17) is 15.2 Å². The van der Waals surface area contributed by atoms with Crippen molar-refractivity contribution in [3.8, 4) is 0 Å². The van der Waals surface area contributed by atoms with Crippen LogP contribution < -0.4 is 5.73 Å². The Balaban J connectivity index is 4.30. The minimum absolute atomic E-state index is 0.0769. The van der Waals surface area contributed by atoms with Gasteiger partial charge in [-0.15, -0.1) is 0 Å². The predicted molar refractivity (Wildman–Crippen MR) is 62.9 cm³/mol. The summed E-state index contributed by atoms with van der Waals surface area (Å²) in [5.41, 5.74) is 5.56. The molecule has 0 aliphatic rings. The van der Waals surface area contributed by atoms with Crippen LogP contribution in [0.5, 0.6) is 0 Å². The van der Waals surface area contributed by atoms with Crippen LogP contribution in [0.1, 0.15) is 27.7 Å². The number of carbonyl (C=O) groups excluding carboxylic acids is 1. The lowest BCUT2D eigenvalue weighted by atomic mass is 10.3. The highest BCUT2D eigenvalue weighted by molar-refractivity contribution is 5.81. The summed E-state index contributed by atoms with van der Waals surface area (Å²) in [5, 5.41) is 0. The molecule has 0 unspecified atom stereocenters. The molecule has 0 saturated heterocycles. The Morgan fingerprint density at radius 3 is 2.06 bits per heavy atom. The quantitative estimate of drug-likeness (QED) is 0.622. The van der Waals surface area contributed by atoms with Crippen molar-refractivity contribution in [2.45, 2.75) is 40.0 Å². The van der Waals surface area contributed by atoms with E-state index in [1.807, 2.05) is 20.8 Å². The number of rotatable bonds is 8. The fourth-order valence-electron chi connectivity index (χ4n) is 1.37. The largest absolute Gasteiger partial charge is 0.351 e. The van der Waals surface area contributed by atoms with Gasteiger partial charge in [0.2, 0.25) is 5.91 Å². The number of amides is 1. The molecular formula is C11H24N2O3. The highest BCUT2D eigenvalue weighted by Crippen LogP contribution is 2.01. The van der Waals surface area contributed by atoms with Crippen LogP contribution in [0.4, 0.5) is 0 Å². The van der Waals surface area contributed by atoms with Crippen molar-refractivity contribution in [2.24, 2.45) is 5.73 Å². The van der Waals surface area contributed by atoms with Crippen LogP contribution >= 0.6 is 0 Å². The molecule has 96 valence electrons. The van der Waals surface area contributed by atoms with Crippen molar-refractivity contribution in [3.05, 3.63) is 0 Å². The molecule has 0 rings (SSSR count). The zero-order valence-corrected chi connectivity index (χ0v) is 10.7. The van der Waals surface area contributed by atoms with Gasteiger partial charge in [0, 0.05) is 19.8 Å². The third-order valence-corrected chi connectivity index (χ3v) is 2.16. The number of nitrogens with zero attached hydrogens (tertiary/aromatic N) is 1. The van der Waals surface area contributed by atoms with Crippen LogP contribution in [0.2, 0.25) is 0 Å². The Morgan fingerprint density at radius 1 is 1.25 bits per heavy atom. The van der Waals surface area contributed by atoms with Crippen molar-refractivity contribution in [1.82, 2.24) is 4.90 Å². The number of ether oxygens (including phenoxy) is 2. The smallest absolute Gasteiger partial charge is 0.239 e. The molecule has 5 heteroatoms. The van der Waals surface area contributed by atoms with Gasteiger partial charge in [-0.3, -0.25) is 4.79 Å². The van der Waals surface area contributed by atoms with E-state index < -0.39 is 6.04 Å². The average molecular weight is 232 g/mol. The zero-order chi connectivity index (χ0) is 12.6. The molecule has 0 aromatic rings. The molecule has 0 radical (unpaired) electrons. The number of nitrogens with two attached hydrogens (primary N) is 1. The summed E-state index contributed by atoms with van der Waals surface area (Å²) in [7, 11) is 0. The fraction of sp³-hybridized carbons (Fsp3) is 0.909. The molecule has 1 amide bonds. The first-order valence-electron chi connectivity index (χ1n) is 5.84. The van der Waals surface area contributed by atoms with E-state index in [1.54, 1.807) is 11.8 Å². The van der Waals surface area contributed by atoms with Gasteiger partial charge >= 0.3 is 0 Å². The third-order valence-electron chi connectivity index (χ3n) is 2.16. The molecule has 2 N–H and O–H groups in total. The van der Waals surface area contributed by atoms with E-state index in [-0.39, 0.29) is 12.2 Å². The van der Waals surface area contributed by atoms with Crippen LogP contribution in [0.25, 0.3) is 0 Å². The first-order valence-corrected chi connectivity index (χ1v) is 5.84. The van der Waals surface area contributed by atoms with Crippen LogP contribution in [0.3, 0.4) is 0 Å². The van der Waals surface area contributed by atoms with Crippen LogP contribution in [-0.4, -0.2) is 49.4 Å². The molecule has 0 aliphatic heterocycles. The highest BCUT2D eigenvalue weighted by Gasteiger charge is 2.20. The molecule has 5 nitrogen and oxygen atoms in total. The molecule has 0 aromatic carbocycles. The second-order valence-corrected chi connectivity index (χ2v) is 3.51. The zero-order valence-electron chi connectivity index (χ0n) is 10.7. The molecule has 0 aliphatic carbocycles. The second-order valence-electron chi connectivity index (χ2n) is 3.51. The van der Waals surface area contributed by atoms with Crippen LogP contribution in [0.15, 0.2) is 0 Å². The Labute approximate surface area is 97.9 Å². The maximum atomic E-state index is 11.7. The van der Waals surface area contributed by atoms with Crippen molar-refractivity contribution >= 4 is 5.91 Å². The summed E-state index contributed by atoms with van der Waals surface area (Å²) in [4.78, 5) is 13.4. The Morgan fingerprint density at radius 2 is 1.75 bits per heavy atom. The van der Waals surface area contributed by atoms with Gasteiger partial charge in [0.25, 0.3) is 0 Å². The van der Waals surface area contributed by atoms with E-state index in [2.05, 4.69) is 0 Å². The molecule has 0 spiro atoms. The molecule has 0 saturated carbocycles. The van der Waals surface area contributed by atoms with Gasteiger partial charge in [0.15, 0.2) is 6.29 Å². The van der Waals surface area contributed by atoms with E-state index in [1.165, 1.54) is 0 Å². The van der Waals surface area contributed by atoms with Crippen LogP contribution in [0, 0.1) is 0 Å². The van der Waals surface area contributed by atoms with E-state index in [9.17, 15) is 4.79 Å². The SMILES string of the molecule is CCOC(CN(CC)C(=O)[C@H](C)N)OCC. The number of hydrogen-bond donors (Lipinski definition) is 1. The molecule has 1 atom stereocenters. The number of hydrogen-bond acceptors (Lipinski definition) is 4. The third kappa shape index (κ3) is 5.44. The van der Waals surface area contributed by atoms with Crippen molar-refractivity contribution in [2.75, 3.05) is 26.3 Å². The number of likely N-dealkylation sites (N-methyl/N-ethyl adjacent to an activating group) is 1. The van der Waals surface area contributed by atoms with Gasteiger partial charge in [-0.2, -0.15) is 0 Å². The summed E-state index contributed by atoms with van der Waals surface area (Å²) < 4.78 is 10.8. The minimum atomic E-state index is -0.483. The Kier molecular flexibility index (Phi) is 8.15.